The number of benzene rings is 1. The van der Waals surface area contributed by atoms with E-state index in [1.165, 1.54) is 6.07 Å². The number of amides is 1. The molecule has 0 saturated carbocycles. The molecule has 2 aromatic heterocycles. The molecule has 3 aromatic rings. The van der Waals surface area contributed by atoms with Gasteiger partial charge in [0, 0.05) is 37.3 Å². The molecular weight excluding hydrogens is 295 g/mol. The van der Waals surface area contributed by atoms with Crippen LogP contribution < -0.4 is 5.32 Å². The zero-order valence-electron chi connectivity index (χ0n) is 13.6. The lowest BCUT2D eigenvalue weighted by atomic mass is 10.2. The van der Waals surface area contributed by atoms with Gasteiger partial charge in [0.2, 0.25) is 0 Å². The van der Waals surface area contributed by atoms with Crippen LogP contribution in [0.5, 0.6) is 0 Å². The highest BCUT2D eigenvalue weighted by Gasteiger charge is 2.16. The summed E-state index contributed by atoms with van der Waals surface area (Å²) in [5.41, 5.74) is 4.05. The third kappa shape index (κ3) is 2.50. The fraction of sp³-hybridized carbons (Fsp3) is 0.294. The largest absolute Gasteiger partial charge is 0.347 e. The van der Waals surface area contributed by atoms with Gasteiger partial charge in [0.1, 0.15) is 11.5 Å². The first kappa shape index (κ1) is 15.3. The van der Waals surface area contributed by atoms with E-state index in [1.54, 1.807) is 34.5 Å². The van der Waals surface area contributed by atoms with E-state index >= 15 is 0 Å². The molecule has 0 atom stereocenters. The maximum atomic E-state index is 13.8. The molecule has 1 aromatic carbocycles. The molecule has 1 N–H and O–H groups in total. The van der Waals surface area contributed by atoms with Gasteiger partial charge in [0.15, 0.2) is 0 Å². The second-order valence-corrected chi connectivity index (χ2v) is 5.72. The molecule has 3 rings (SSSR count). The number of fused-ring (bicyclic) bond motifs is 1. The number of aromatic nitrogens is 3. The summed E-state index contributed by atoms with van der Waals surface area (Å²) >= 11 is 0. The van der Waals surface area contributed by atoms with Gasteiger partial charge in [-0.2, -0.15) is 5.10 Å². The highest BCUT2D eigenvalue weighted by Crippen LogP contribution is 2.21. The monoisotopic (exact) mass is 314 g/mol. The predicted molar refractivity (Wildman–Crippen MR) is 86.7 cm³/mol. The Hall–Kier alpha value is -2.63. The van der Waals surface area contributed by atoms with E-state index in [0.29, 0.717) is 23.1 Å². The Morgan fingerprint density at radius 2 is 2.04 bits per heavy atom. The van der Waals surface area contributed by atoms with E-state index in [0.717, 1.165) is 17.0 Å². The second kappa shape index (κ2) is 5.53. The summed E-state index contributed by atoms with van der Waals surface area (Å²) < 4.78 is 17.3. The topological polar surface area (TPSA) is 51.9 Å². The van der Waals surface area contributed by atoms with Crippen LogP contribution in [0.3, 0.4) is 0 Å². The molecule has 0 saturated heterocycles. The van der Waals surface area contributed by atoms with E-state index in [-0.39, 0.29) is 11.7 Å². The molecule has 0 fully saturated rings. The Bertz CT molecular complexity index is 907. The number of nitrogens with one attached hydrogen (secondary N) is 1. The summed E-state index contributed by atoms with van der Waals surface area (Å²) in [6.07, 6.45) is 0. The van der Waals surface area contributed by atoms with Crippen LogP contribution in [0, 0.1) is 19.7 Å². The molecule has 0 bridgehead atoms. The van der Waals surface area contributed by atoms with E-state index in [9.17, 15) is 9.18 Å². The molecule has 0 radical (unpaired) electrons. The smallest absolute Gasteiger partial charge is 0.268 e. The van der Waals surface area contributed by atoms with Crippen molar-refractivity contribution in [3.63, 3.8) is 0 Å². The maximum Gasteiger partial charge on any atom is 0.268 e. The maximum absolute atomic E-state index is 13.8. The number of rotatable bonds is 3. The van der Waals surface area contributed by atoms with Crippen LogP contribution in [0.2, 0.25) is 0 Å². The molecule has 5 nitrogen and oxygen atoms in total. The fourth-order valence-electron chi connectivity index (χ4n) is 2.87. The number of carbonyl (C=O) groups is 1. The van der Waals surface area contributed by atoms with Crippen molar-refractivity contribution in [2.45, 2.75) is 20.4 Å². The highest BCUT2D eigenvalue weighted by molar-refractivity contribution is 5.98. The van der Waals surface area contributed by atoms with Gasteiger partial charge in [-0.3, -0.25) is 9.48 Å². The SMILES string of the molecule is Cc1nn(C)c(C)c1CNC(=O)c1cc2c(F)cccc2n1C. The minimum Gasteiger partial charge on any atom is -0.347 e. The highest BCUT2D eigenvalue weighted by atomic mass is 19.1. The van der Waals surface area contributed by atoms with Gasteiger partial charge in [-0.25, -0.2) is 4.39 Å². The molecule has 1 amide bonds. The van der Waals surface area contributed by atoms with Gasteiger partial charge in [-0.1, -0.05) is 6.07 Å². The molecule has 120 valence electrons. The van der Waals surface area contributed by atoms with Crippen LogP contribution in [0.25, 0.3) is 10.9 Å². The molecule has 0 unspecified atom stereocenters. The Kier molecular flexibility index (Phi) is 3.67. The molecule has 23 heavy (non-hydrogen) atoms. The predicted octanol–water partition coefficient (Wildman–Crippen LogP) is 2.60. The average Bonchev–Trinajstić information content (AvgIpc) is 2.97. The molecule has 0 aliphatic heterocycles. The zero-order chi connectivity index (χ0) is 16.7. The van der Waals surface area contributed by atoms with Crippen molar-refractivity contribution in [2.24, 2.45) is 14.1 Å². The number of halogens is 1. The molecule has 6 heteroatoms. The number of hydrogen-bond acceptors (Lipinski definition) is 2. The normalized spacial score (nSPS) is 11.2. The van der Waals surface area contributed by atoms with Gasteiger partial charge >= 0.3 is 0 Å². The summed E-state index contributed by atoms with van der Waals surface area (Å²) in [5, 5.41) is 7.68. The average molecular weight is 314 g/mol. The van der Waals surface area contributed by atoms with Gasteiger partial charge in [0.05, 0.1) is 11.2 Å². The Labute approximate surface area is 133 Å². The number of hydrogen-bond donors (Lipinski definition) is 1. The first-order valence-corrected chi connectivity index (χ1v) is 7.41. The third-order valence-corrected chi connectivity index (χ3v) is 4.35. The molecular formula is C17H19FN4O. The van der Waals surface area contributed by atoms with Crippen LogP contribution in [0.4, 0.5) is 4.39 Å². The lowest BCUT2D eigenvalue weighted by Crippen LogP contribution is -2.25. The summed E-state index contributed by atoms with van der Waals surface area (Å²) in [5.74, 6) is -0.554. The van der Waals surface area contributed by atoms with Crippen molar-refractivity contribution in [2.75, 3.05) is 0 Å². The van der Waals surface area contributed by atoms with Gasteiger partial charge in [-0.15, -0.1) is 0 Å². The Morgan fingerprint density at radius 3 is 2.65 bits per heavy atom. The summed E-state index contributed by atoms with van der Waals surface area (Å²) in [4.78, 5) is 12.5. The van der Waals surface area contributed by atoms with Crippen molar-refractivity contribution in [3.8, 4) is 0 Å². The van der Waals surface area contributed by atoms with Crippen molar-refractivity contribution in [3.05, 3.63) is 52.7 Å². The van der Waals surface area contributed by atoms with E-state index in [4.69, 9.17) is 0 Å². The first-order chi connectivity index (χ1) is 10.9. The standard InChI is InChI=1S/C17H19FN4O/c1-10-13(11(2)22(4)20-10)9-19-17(23)16-8-12-14(18)6-5-7-15(12)21(16)3/h5-8H,9H2,1-4H3,(H,19,23). The van der Waals surface area contributed by atoms with Gasteiger partial charge in [-0.05, 0) is 32.0 Å². The van der Waals surface area contributed by atoms with Crippen LogP contribution in [-0.4, -0.2) is 20.3 Å². The fourth-order valence-corrected chi connectivity index (χ4v) is 2.87. The molecule has 0 aliphatic rings. The van der Waals surface area contributed by atoms with Crippen molar-refractivity contribution in [1.82, 2.24) is 19.7 Å². The summed E-state index contributed by atoms with van der Waals surface area (Å²) in [6, 6.07) is 6.42. The minimum atomic E-state index is -0.323. The third-order valence-electron chi connectivity index (χ3n) is 4.35. The summed E-state index contributed by atoms with van der Waals surface area (Å²) in [7, 11) is 3.64. The molecule has 0 aliphatic carbocycles. The zero-order valence-corrected chi connectivity index (χ0v) is 13.6. The van der Waals surface area contributed by atoms with Crippen LogP contribution in [-0.2, 0) is 20.6 Å². The lowest BCUT2D eigenvalue weighted by Gasteiger charge is -2.07. The van der Waals surface area contributed by atoms with Gasteiger partial charge < -0.3 is 9.88 Å². The van der Waals surface area contributed by atoms with E-state index in [2.05, 4.69) is 10.4 Å². The quantitative estimate of drug-likeness (QED) is 0.808. The molecule has 2 heterocycles. The Balaban J connectivity index is 1.87. The van der Waals surface area contributed by atoms with Crippen molar-refractivity contribution >= 4 is 16.8 Å². The van der Waals surface area contributed by atoms with Crippen LogP contribution >= 0.6 is 0 Å². The van der Waals surface area contributed by atoms with Crippen LogP contribution in [0.1, 0.15) is 27.4 Å². The lowest BCUT2D eigenvalue weighted by molar-refractivity contribution is 0.0943. The number of nitrogens with zero attached hydrogens (tertiary/aromatic N) is 3. The molecule has 0 spiro atoms. The van der Waals surface area contributed by atoms with Gasteiger partial charge in [0.25, 0.3) is 5.91 Å². The second-order valence-electron chi connectivity index (χ2n) is 5.72. The number of aryl methyl sites for hydroxylation is 3. The van der Waals surface area contributed by atoms with Crippen molar-refractivity contribution < 1.29 is 9.18 Å². The van der Waals surface area contributed by atoms with E-state index < -0.39 is 0 Å². The Morgan fingerprint density at radius 1 is 1.30 bits per heavy atom. The van der Waals surface area contributed by atoms with E-state index in [1.807, 2.05) is 20.9 Å². The number of carbonyl (C=O) groups excluding carboxylic acids is 1. The first-order valence-electron chi connectivity index (χ1n) is 7.41. The minimum absolute atomic E-state index is 0.231. The van der Waals surface area contributed by atoms with Crippen LogP contribution in [0.15, 0.2) is 24.3 Å². The summed E-state index contributed by atoms with van der Waals surface area (Å²) in [6.45, 7) is 4.28. The van der Waals surface area contributed by atoms with Crippen molar-refractivity contribution in [1.29, 1.82) is 0 Å².